The molecule has 1 atom stereocenters. The predicted octanol–water partition coefficient (Wildman–Crippen LogP) is 1.86. The lowest BCUT2D eigenvalue weighted by molar-refractivity contribution is -0.128. The van der Waals surface area contributed by atoms with E-state index in [1.165, 1.54) is 0 Å². The molecule has 1 aromatic rings. The molecule has 1 aromatic carbocycles. The minimum Gasteiger partial charge on any atom is -0.491 e. The van der Waals surface area contributed by atoms with E-state index in [4.69, 9.17) is 14.2 Å². The van der Waals surface area contributed by atoms with Gasteiger partial charge >= 0.3 is 0 Å². The lowest BCUT2D eigenvalue weighted by Gasteiger charge is -2.16. The molecule has 0 saturated carbocycles. The van der Waals surface area contributed by atoms with Gasteiger partial charge < -0.3 is 18.9 Å². The molecule has 0 saturated heterocycles. The van der Waals surface area contributed by atoms with Crippen LogP contribution in [-0.2, 0) is 19.0 Å². The highest BCUT2D eigenvalue weighted by atomic mass is 16.6. The minimum absolute atomic E-state index is 0.169. The fourth-order valence-corrected chi connectivity index (χ4v) is 1.67. The van der Waals surface area contributed by atoms with Gasteiger partial charge in [0.25, 0.3) is 6.47 Å². The van der Waals surface area contributed by atoms with E-state index in [2.05, 4.69) is 4.74 Å². The second-order valence-corrected chi connectivity index (χ2v) is 4.60. The van der Waals surface area contributed by atoms with Gasteiger partial charge in [0.15, 0.2) is 0 Å². The van der Waals surface area contributed by atoms with Crippen molar-refractivity contribution in [3.63, 3.8) is 0 Å². The lowest BCUT2D eigenvalue weighted by Crippen LogP contribution is -2.26. The quantitative estimate of drug-likeness (QED) is 0.409. The Hall–Kier alpha value is -1.92. The molecule has 0 bridgehead atoms. The Morgan fingerprint density at radius 1 is 1.05 bits per heavy atom. The van der Waals surface area contributed by atoms with Crippen LogP contribution in [0.1, 0.15) is 23.2 Å². The third-order valence-electron chi connectivity index (χ3n) is 2.96. The standard InChI is InChI=1S/C16H22O6/c1-19-16(11-20-8-2-3-9-21-13-18)12-22-15-6-4-14(10-17)5-7-15/h4-7,10,13,16H,2-3,8-9,11-12H2,1H3. The maximum atomic E-state index is 10.6. The molecule has 0 N–H and O–H groups in total. The van der Waals surface area contributed by atoms with E-state index in [1.807, 2.05) is 0 Å². The van der Waals surface area contributed by atoms with Crippen molar-refractivity contribution in [2.24, 2.45) is 0 Å². The summed E-state index contributed by atoms with van der Waals surface area (Å²) in [6.07, 6.45) is 2.21. The van der Waals surface area contributed by atoms with Crippen LogP contribution in [0.25, 0.3) is 0 Å². The van der Waals surface area contributed by atoms with Gasteiger partial charge in [-0.15, -0.1) is 0 Å². The summed E-state index contributed by atoms with van der Waals surface area (Å²) in [5.41, 5.74) is 0.609. The largest absolute Gasteiger partial charge is 0.491 e. The summed E-state index contributed by atoms with van der Waals surface area (Å²) in [4.78, 5) is 20.5. The van der Waals surface area contributed by atoms with Gasteiger partial charge in [-0.25, -0.2) is 0 Å². The topological polar surface area (TPSA) is 71.1 Å². The maximum Gasteiger partial charge on any atom is 0.293 e. The molecule has 0 aliphatic carbocycles. The third-order valence-corrected chi connectivity index (χ3v) is 2.96. The SMILES string of the molecule is COC(COCCCCOC=O)COc1ccc(C=O)cc1. The highest BCUT2D eigenvalue weighted by Crippen LogP contribution is 2.11. The van der Waals surface area contributed by atoms with E-state index in [9.17, 15) is 9.59 Å². The first-order valence-electron chi connectivity index (χ1n) is 7.14. The second kappa shape index (κ2) is 11.7. The summed E-state index contributed by atoms with van der Waals surface area (Å²) in [5, 5.41) is 0. The van der Waals surface area contributed by atoms with Crippen LogP contribution in [0.3, 0.4) is 0 Å². The zero-order valence-electron chi connectivity index (χ0n) is 12.7. The van der Waals surface area contributed by atoms with Gasteiger partial charge in [-0.3, -0.25) is 9.59 Å². The molecule has 1 rings (SSSR count). The number of hydrogen-bond donors (Lipinski definition) is 0. The first-order valence-corrected chi connectivity index (χ1v) is 7.14. The Morgan fingerprint density at radius 2 is 1.77 bits per heavy atom. The van der Waals surface area contributed by atoms with Crippen molar-refractivity contribution in [3.8, 4) is 5.75 Å². The van der Waals surface area contributed by atoms with Crippen LogP contribution in [0.5, 0.6) is 5.75 Å². The summed E-state index contributed by atoms with van der Waals surface area (Å²) in [6, 6.07) is 6.87. The van der Waals surface area contributed by atoms with Crippen LogP contribution < -0.4 is 4.74 Å². The second-order valence-electron chi connectivity index (χ2n) is 4.60. The van der Waals surface area contributed by atoms with Crippen molar-refractivity contribution in [1.82, 2.24) is 0 Å². The van der Waals surface area contributed by atoms with E-state index < -0.39 is 0 Å². The van der Waals surface area contributed by atoms with Crippen LogP contribution in [0.2, 0.25) is 0 Å². The van der Waals surface area contributed by atoms with E-state index in [-0.39, 0.29) is 6.10 Å². The highest BCUT2D eigenvalue weighted by Gasteiger charge is 2.08. The normalized spacial score (nSPS) is 11.7. The monoisotopic (exact) mass is 310 g/mol. The first kappa shape index (κ1) is 18.1. The average molecular weight is 310 g/mol. The van der Waals surface area contributed by atoms with Gasteiger partial charge in [-0.1, -0.05) is 0 Å². The third kappa shape index (κ3) is 7.75. The van der Waals surface area contributed by atoms with Gasteiger partial charge in [0, 0.05) is 19.3 Å². The highest BCUT2D eigenvalue weighted by molar-refractivity contribution is 5.74. The van der Waals surface area contributed by atoms with E-state index in [0.29, 0.717) is 44.2 Å². The smallest absolute Gasteiger partial charge is 0.293 e. The molecule has 0 amide bonds. The zero-order valence-corrected chi connectivity index (χ0v) is 12.7. The summed E-state index contributed by atoms with van der Waals surface area (Å²) >= 11 is 0. The predicted molar refractivity (Wildman–Crippen MR) is 80.2 cm³/mol. The number of carbonyl (C=O) groups is 2. The molecule has 0 fully saturated rings. The van der Waals surface area contributed by atoms with Crippen molar-refractivity contribution < 1.29 is 28.5 Å². The number of rotatable bonds is 13. The molecule has 22 heavy (non-hydrogen) atoms. The van der Waals surface area contributed by atoms with E-state index >= 15 is 0 Å². The molecular formula is C16H22O6. The van der Waals surface area contributed by atoms with Gasteiger partial charge in [0.1, 0.15) is 24.7 Å². The Morgan fingerprint density at radius 3 is 2.41 bits per heavy atom. The van der Waals surface area contributed by atoms with Crippen LogP contribution >= 0.6 is 0 Å². The molecule has 0 aliphatic heterocycles. The van der Waals surface area contributed by atoms with Gasteiger partial charge in [-0.05, 0) is 37.1 Å². The number of benzene rings is 1. The maximum absolute atomic E-state index is 10.6. The summed E-state index contributed by atoms with van der Waals surface area (Å²) in [7, 11) is 1.60. The Kier molecular flexibility index (Phi) is 9.65. The summed E-state index contributed by atoms with van der Waals surface area (Å²) in [5.74, 6) is 0.679. The summed E-state index contributed by atoms with van der Waals surface area (Å²) in [6.45, 7) is 2.24. The molecular weight excluding hydrogens is 288 g/mol. The van der Waals surface area contributed by atoms with Gasteiger partial charge in [-0.2, -0.15) is 0 Å². The first-order chi connectivity index (χ1) is 10.8. The van der Waals surface area contributed by atoms with Crippen molar-refractivity contribution in [2.45, 2.75) is 18.9 Å². The number of unbranched alkanes of at least 4 members (excludes halogenated alkanes) is 1. The number of methoxy groups -OCH3 is 1. The molecule has 0 aromatic heterocycles. The zero-order chi connectivity index (χ0) is 16.0. The molecule has 0 heterocycles. The van der Waals surface area contributed by atoms with Gasteiger partial charge in [0.05, 0.1) is 13.2 Å². The summed E-state index contributed by atoms with van der Waals surface area (Å²) < 4.78 is 21.0. The van der Waals surface area contributed by atoms with Gasteiger partial charge in [0.2, 0.25) is 0 Å². The molecule has 0 aliphatic rings. The van der Waals surface area contributed by atoms with Crippen molar-refractivity contribution in [3.05, 3.63) is 29.8 Å². The fraction of sp³-hybridized carbons (Fsp3) is 0.500. The van der Waals surface area contributed by atoms with Crippen LogP contribution in [0.15, 0.2) is 24.3 Å². The number of aldehydes is 1. The Bertz CT molecular complexity index is 417. The van der Waals surface area contributed by atoms with Crippen molar-refractivity contribution in [1.29, 1.82) is 0 Å². The Balaban J connectivity index is 2.15. The molecule has 0 spiro atoms. The lowest BCUT2D eigenvalue weighted by atomic mass is 10.2. The minimum atomic E-state index is -0.169. The van der Waals surface area contributed by atoms with Crippen LogP contribution in [-0.4, -0.2) is 52.4 Å². The molecule has 6 heteroatoms. The van der Waals surface area contributed by atoms with Crippen molar-refractivity contribution in [2.75, 3.05) is 33.5 Å². The number of carbonyl (C=O) groups excluding carboxylic acids is 2. The van der Waals surface area contributed by atoms with E-state index in [0.717, 1.165) is 19.1 Å². The van der Waals surface area contributed by atoms with Crippen LogP contribution in [0.4, 0.5) is 0 Å². The molecule has 0 radical (unpaired) electrons. The fourth-order valence-electron chi connectivity index (χ4n) is 1.67. The Labute approximate surface area is 130 Å². The van der Waals surface area contributed by atoms with Crippen LogP contribution in [0, 0.1) is 0 Å². The number of ether oxygens (including phenoxy) is 4. The molecule has 122 valence electrons. The average Bonchev–Trinajstić information content (AvgIpc) is 2.57. The molecule has 6 nitrogen and oxygen atoms in total. The molecule has 1 unspecified atom stereocenters. The number of hydrogen-bond acceptors (Lipinski definition) is 6. The van der Waals surface area contributed by atoms with Crippen molar-refractivity contribution >= 4 is 12.8 Å². The van der Waals surface area contributed by atoms with E-state index in [1.54, 1.807) is 31.4 Å².